The summed E-state index contributed by atoms with van der Waals surface area (Å²) >= 11 is 5.90. The van der Waals surface area contributed by atoms with Crippen LogP contribution in [-0.4, -0.2) is 23.0 Å². The molecule has 2 N–H and O–H groups in total. The molecule has 1 amide bonds. The van der Waals surface area contributed by atoms with Gasteiger partial charge >= 0.3 is 5.97 Å². The van der Waals surface area contributed by atoms with Crippen LogP contribution in [0, 0.1) is 0 Å². The van der Waals surface area contributed by atoms with E-state index in [1.165, 1.54) is 0 Å². The van der Waals surface area contributed by atoms with Crippen LogP contribution in [0.15, 0.2) is 24.3 Å². The molecule has 1 rings (SSSR count). The van der Waals surface area contributed by atoms with Crippen LogP contribution < -0.4 is 5.32 Å². The van der Waals surface area contributed by atoms with Crippen molar-refractivity contribution in [1.82, 2.24) is 5.32 Å². The van der Waals surface area contributed by atoms with E-state index >= 15 is 0 Å². The van der Waals surface area contributed by atoms with Crippen LogP contribution in [0.4, 0.5) is 0 Å². The highest BCUT2D eigenvalue weighted by Gasteiger charge is 2.17. The van der Waals surface area contributed by atoms with E-state index in [1.54, 1.807) is 31.2 Å². The summed E-state index contributed by atoms with van der Waals surface area (Å²) in [4.78, 5) is 22.3. The summed E-state index contributed by atoms with van der Waals surface area (Å²) in [6.45, 7) is 1.70. The maximum absolute atomic E-state index is 11.6. The molecule has 1 atom stereocenters. The number of amides is 1. The Hall–Kier alpha value is -1.55. The maximum Gasteiger partial charge on any atom is 0.326 e. The van der Waals surface area contributed by atoms with Gasteiger partial charge in [0, 0.05) is 5.02 Å². The first-order chi connectivity index (χ1) is 8.04. The number of rotatable bonds is 5. The van der Waals surface area contributed by atoms with Gasteiger partial charge in [-0.05, 0) is 18.1 Å². The average molecular weight is 256 g/mol. The standard InChI is InChI=1S/C12H14ClNO3/c1-2-10(12(16)17)14-11(15)7-8-5-3-4-6-9(8)13/h3-6,10H,2,7H2,1H3,(H,14,15)(H,16,17)/t10-/m0/s1. The van der Waals surface area contributed by atoms with Crippen molar-refractivity contribution >= 4 is 23.5 Å². The van der Waals surface area contributed by atoms with E-state index < -0.39 is 12.0 Å². The number of carbonyl (C=O) groups excluding carboxylic acids is 1. The highest BCUT2D eigenvalue weighted by Crippen LogP contribution is 2.15. The molecular weight excluding hydrogens is 242 g/mol. The van der Waals surface area contributed by atoms with Gasteiger partial charge in [0.15, 0.2) is 0 Å². The first-order valence-electron chi connectivity index (χ1n) is 5.30. The Morgan fingerprint density at radius 2 is 2.06 bits per heavy atom. The Labute approximate surface area is 105 Å². The molecule has 0 radical (unpaired) electrons. The Bertz CT molecular complexity index is 420. The van der Waals surface area contributed by atoms with Crippen molar-refractivity contribution in [3.8, 4) is 0 Å². The fourth-order valence-electron chi connectivity index (χ4n) is 1.40. The van der Waals surface area contributed by atoms with E-state index in [-0.39, 0.29) is 12.3 Å². The molecule has 17 heavy (non-hydrogen) atoms. The van der Waals surface area contributed by atoms with Gasteiger partial charge in [0.1, 0.15) is 6.04 Å². The number of hydrogen-bond acceptors (Lipinski definition) is 2. The summed E-state index contributed by atoms with van der Waals surface area (Å²) in [6, 6.07) is 6.14. The van der Waals surface area contributed by atoms with Crippen molar-refractivity contribution in [3.63, 3.8) is 0 Å². The van der Waals surface area contributed by atoms with Gasteiger partial charge in [-0.15, -0.1) is 0 Å². The molecule has 4 nitrogen and oxygen atoms in total. The maximum atomic E-state index is 11.6. The second-order valence-electron chi connectivity index (χ2n) is 3.63. The topological polar surface area (TPSA) is 66.4 Å². The van der Waals surface area contributed by atoms with Gasteiger partial charge in [-0.3, -0.25) is 4.79 Å². The van der Waals surface area contributed by atoms with Crippen molar-refractivity contribution in [2.75, 3.05) is 0 Å². The molecule has 0 saturated heterocycles. The zero-order valence-corrected chi connectivity index (χ0v) is 10.2. The molecule has 92 valence electrons. The van der Waals surface area contributed by atoms with Crippen molar-refractivity contribution in [3.05, 3.63) is 34.9 Å². The molecular formula is C12H14ClNO3. The second kappa shape index (κ2) is 6.25. The lowest BCUT2D eigenvalue weighted by molar-refractivity contribution is -0.141. The van der Waals surface area contributed by atoms with E-state index in [2.05, 4.69) is 5.32 Å². The van der Waals surface area contributed by atoms with Gasteiger partial charge in [-0.2, -0.15) is 0 Å². The average Bonchev–Trinajstić information content (AvgIpc) is 2.28. The summed E-state index contributed by atoms with van der Waals surface area (Å²) in [7, 11) is 0. The van der Waals surface area contributed by atoms with Crippen LogP contribution in [-0.2, 0) is 16.0 Å². The molecule has 0 aliphatic heterocycles. The molecule has 0 aliphatic carbocycles. The molecule has 0 heterocycles. The molecule has 0 aromatic heterocycles. The third kappa shape index (κ3) is 4.07. The van der Waals surface area contributed by atoms with E-state index in [1.807, 2.05) is 0 Å². The quantitative estimate of drug-likeness (QED) is 0.844. The molecule has 1 aromatic carbocycles. The molecule has 0 aliphatic rings. The largest absolute Gasteiger partial charge is 0.480 e. The van der Waals surface area contributed by atoms with Crippen molar-refractivity contribution in [1.29, 1.82) is 0 Å². The molecule has 1 aromatic rings. The number of halogens is 1. The first kappa shape index (κ1) is 13.5. The van der Waals surface area contributed by atoms with Crippen molar-refractivity contribution in [2.24, 2.45) is 0 Å². The highest BCUT2D eigenvalue weighted by atomic mass is 35.5. The summed E-state index contributed by atoms with van der Waals surface area (Å²) in [5.74, 6) is -1.37. The number of nitrogens with one attached hydrogen (secondary N) is 1. The number of aliphatic carboxylic acids is 1. The fraction of sp³-hybridized carbons (Fsp3) is 0.333. The van der Waals surface area contributed by atoms with Crippen LogP contribution in [0.3, 0.4) is 0 Å². The van der Waals surface area contributed by atoms with Gasteiger partial charge in [0.25, 0.3) is 0 Å². The Balaban J connectivity index is 2.61. The van der Waals surface area contributed by atoms with Crippen molar-refractivity contribution < 1.29 is 14.7 Å². The Morgan fingerprint density at radius 1 is 1.41 bits per heavy atom. The summed E-state index contributed by atoms with van der Waals surface area (Å²) < 4.78 is 0. The van der Waals surface area contributed by atoms with Crippen LogP contribution in [0.1, 0.15) is 18.9 Å². The van der Waals surface area contributed by atoms with E-state index in [0.717, 1.165) is 0 Å². The van der Waals surface area contributed by atoms with Crippen molar-refractivity contribution in [2.45, 2.75) is 25.8 Å². The Morgan fingerprint density at radius 3 is 2.59 bits per heavy atom. The van der Waals surface area contributed by atoms with E-state index in [9.17, 15) is 9.59 Å². The lowest BCUT2D eigenvalue weighted by Gasteiger charge is -2.12. The molecule has 0 spiro atoms. The van der Waals surface area contributed by atoms with Gasteiger partial charge in [-0.25, -0.2) is 4.79 Å². The highest BCUT2D eigenvalue weighted by molar-refractivity contribution is 6.31. The minimum absolute atomic E-state index is 0.0868. The Kier molecular flexibility index (Phi) is 4.97. The van der Waals surface area contributed by atoms with Crippen LogP contribution in [0.5, 0.6) is 0 Å². The van der Waals surface area contributed by atoms with E-state index in [0.29, 0.717) is 17.0 Å². The minimum Gasteiger partial charge on any atom is -0.480 e. The summed E-state index contributed by atoms with van der Waals surface area (Å²) in [6.07, 6.45) is 0.438. The molecule has 0 saturated carbocycles. The summed E-state index contributed by atoms with van der Waals surface area (Å²) in [5.41, 5.74) is 0.687. The third-order valence-corrected chi connectivity index (χ3v) is 2.72. The smallest absolute Gasteiger partial charge is 0.326 e. The molecule has 5 heteroatoms. The molecule has 0 unspecified atom stereocenters. The van der Waals surface area contributed by atoms with Gasteiger partial charge in [0.2, 0.25) is 5.91 Å². The fourth-order valence-corrected chi connectivity index (χ4v) is 1.60. The van der Waals surface area contributed by atoms with Crippen LogP contribution >= 0.6 is 11.6 Å². The number of carboxylic acid groups (broad SMARTS) is 1. The van der Waals surface area contributed by atoms with Gasteiger partial charge in [-0.1, -0.05) is 36.7 Å². The monoisotopic (exact) mass is 255 g/mol. The molecule has 0 fully saturated rings. The SMILES string of the molecule is CC[C@H](NC(=O)Cc1ccccc1Cl)C(=O)O. The van der Waals surface area contributed by atoms with Gasteiger partial charge < -0.3 is 10.4 Å². The van der Waals surface area contributed by atoms with Gasteiger partial charge in [0.05, 0.1) is 6.42 Å². The number of carboxylic acids is 1. The predicted octanol–water partition coefficient (Wildman–Crippen LogP) is 1.86. The van der Waals surface area contributed by atoms with Crippen LogP contribution in [0.2, 0.25) is 5.02 Å². The lowest BCUT2D eigenvalue weighted by atomic mass is 10.1. The zero-order valence-electron chi connectivity index (χ0n) is 9.44. The molecule has 0 bridgehead atoms. The lowest BCUT2D eigenvalue weighted by Crippen LogP contribution is -2.41. The first-order valence-corrected chi connectivity index (χ1v) is 5.68. The number of benzene rings is 1. The number of hydrogen-bond donors (Lipinski definition) is 2. The zero-order chi connectivity index (χ0) is 12.8. The predicted molar refractivity (Wildman–Crippen MR) is 65.0 cm³/mol. The number of carbonyl (C=O) groups is 2. The second-order valence-corrected chi connectivity index (χ2v) is 4.04. The minimum atomic E-state index is -1.03. The third-order valence-electron chi connectivity index (χ3n) is 2.35. The van der Waals surface area contributed by atoms with Crippen LogP contribution in [0.25, 0.3) is 0 Å². The van der Waals surface area contributed by atoms with E-state index in [4.69, 9.17) is 16.7 Å². The summed E-state index contributed by atoms with van der Waals surface area (Å²) in [5, 5.41) is 11.8. The normalized spacial score (nSPS) is 11.9.